The number of rotatable bonds is 3. The van der Waals surface area contributed by atoms with Gasteiger partial charge in [-0.3, -0.25) is 0 Å². The number of hydrogen-bond donors (Lipinski definition) is 1. The van der Waals surface area contributed by atoms with Gasteiger partial charge in [0, 0.05) is 6.54 Å². The van der Waals surface area contributed by atoms with Crippen LogP contribution in [-0.4, -0.2) is 23.2 Å². The van der Waals surface area contributed by atoms with Gasteiger partial charge >= 0.3 is 6.09 Å². The minimum absolute atomic E-state index is 0.371. The van der Waals surface area contributed by atoms with Gasteiger partial charge in [-0.15, -0.1) is 11.3 Å². The number of hydrogen-bond acceptors (Lipinski definition) is 4. The fourth-order valence-electron chi connectivity index (χ4n) is 1.76. The maximum absolute atomic E-state index is 11.5. The lowest BCUT2D eigenvalue weighted by molar-refractivity contribution is 0.0528. The second kappa shape index (κ2) is 5.57. The average Bonchev–Trinajstić information content (AvgIpc) is 2.75. The molecule has 5 heteroatoms. The Morgan fingerprint density at radius 1 is 1.42 bits per heavy atom. The van der Waals surface area contributed by atoms with Gasteiger partial charge in [-0.25, -0.2) is 9.78 Å². The summed E-state index contributed by atoms with van der Waals surface area (Å²) in [6.07, 6.45) is 0.405. The lowest BCUT2D eigenvalue weighted by Crippen LogP contribution is -2.33. The number of alkyl carbamates (subject to hydrolysis) is 1. The Bertz CT molecular complexity index is 572. The average molecular weight is 278 g/mol. The highest BCUT2D eigenvalue weighted by Crippen LogP contribution is 2.22. The van der Waals surface area contributed by atoms with Crippen molar-refractivity contribution in [3.05, 3.63) is 29.3 Å². The Hall–Kier alpha value is -1.62. The van der Waals surface area contributed by atoms with E-state index in [9.17, 15) is 4.79 Å². The fraction of sp³-hybridized carbons (Fsp3) is 0.429. The molecule has 1 aromatic heterocycles. The van der Waals surface area contributed by atoms with E-state index in [1.165, 1.54) is 10.3 Å². The van der Waals surface area contributed by atoms with Crippen molar-refractivity contribution in [2.75, 3.05) is 6.54 Å². The van der Waals surface area contributed by atoms with Gasteiger partial charge < -0.3 is 10.1 Å². The zero-order chi connectivity index (χ0) is 13.9. The molecule has 0 atom stereocenters. The first-order valence-corrected chi connectivity index (χ1v) is 7.11. The number of carbonyl (C=O) groups excluding carboxylic acids is 1. The number of amides is 1. The van der Waals surface area contributed by atoms with Crippen LogP contribution in [0.3, 0.4) is 0 Å². The third-order valence-corrected chi connectivity index (χ3v) is 3.42. The van der Waals surface area contributed by atoms with Crippen LogP contribution in [0.25, 0.3) is 10.2 Å². The highest BCUT2D eigenvalue weighted by atomic mass is 32.1. The summed E-state index contributed by atoms with van der Waals surface area (Å²) in [5, 5.41) is 2.77. The van der Waals surface area contributed by atoms with Crippen molar-refractivity contribution in [3.8, 4) is 0 Å². The molecule has 0 aliphatic rings. The van der Waals surface area contributed by atoms with E-state index in [-0.39, 0.29) is 6.09 Å². The zero-order valence-corrected chi connectivity index (χ0v) is 12.2. The van der Waals surface area contributed by atoms with E-state index >= 15 is 0 Å². The van der Waals surface area contributed by atoms with E-state index in [0.29, 0.717) is 6.54 Å². The van der Waals surface area contributed by atoms with Gasteiger partial charge in [0.1, 0.15) is 5.60 Å². The third-order valence-electron chi connectivity index (χ3n) is 2.50. The van der Waals surface area contributed by atoms with Crippen molar-refractivity contribution in [2.45, 2.75) is 32.8 Å². The van der Waals surface area contributed by atoms with E-state index in [1.807, 2.05) is 38.4 Å². The summed E-state index contributed by atoms with van der Waals surface area (Å²) < 4.78 is 6.38. The molecule has 102 valence electrons. The maximum atomic E-state index is 11.5. The normalized spacial score (nSPS) is 11.5. The molecule has 0 saturated carbocycles. The van der Waals surface area contributed by atoms with Gasteiger partial charge in [-0.1, -0.05) is 12.1 Å². The minimum Gasteiger partial charge on any atom is -0.444 e. The molecule has 1 heterocycles. The SMILES string of the molecule is CC(C)(C)OC(=O)NCCc1cccc2ncsc12. The lowest BCUT2D eigenvalue weighted by atomic mass is 10.1. The number of carbonyl (C=O) groups is 1. The number of nitrogens with zero attached hydrogens (tertiary/aromatic N) is 1. The Morgan fingerprint density at radius 3 is 2.95 bits per heavy atom. The molecule has 0 radical (unpaired) electrons. The van der Waals surface area contributed by atoms with Crippen LogP contribution in [0, 0.1) is 0 Å². The number of nitrogens with one attached hydrogen (secondary N) is 1. The first-order valence-electron chi connectivity index (χ1n) is 6.24. The number of ether oxygens (including phenoxy) is 1. The van der Waals surface area contributed by atoms with Crippen LogP contribution in [0.1, 0.15) is 26.3 Å². The second-order valence-corrected chi connectivity index (χ2v) is 6.15. The summed E-state index contributed by atoms with van der Waals surface area (Å²) in [5.41, 5.74) is 3.60. The van der Waals surface area contributed by atoms with Crippen molar-refractivity contribution in [1.29, 1.82) is 0 Å². The van der Waals surface area contributed by atoms with Crippen LogP contribution >= 0.6 is 11.3 Å². The van der Waals surface area contributed by atoms with Crippen LogP contribution in [0.2, 0.25) is 0 Å². The molecule has 1 aromatic carbocycles. The zero-order valence-electron chi connectivity index (χ0n) is 11.4. The highest BCUT2D eigenvalue weighted by Gasteiger charge is 2.15. The maximum Gasteiger partial charge on any atom is 0.407 e. The van der Waals surface area contributed by atoms with Gasteiger partial charge in [0.15, 0.2) is 0 Å². The predicted molar refractivity (Wildman–Crippen MR) is 77.6 cm³/mol. The fourth-order valence-corrected chi connectivity index (χ4v) is 2.59. The van der Waals surface area contributed by atoms with Crippen molar-refractivity contribution in [3.63, 3.8) is 0 Å². The van der Waals surface area contributed by atoms with E-state index in [0.717, 1.165) is 11.9 Å². The Kier molecular flexibility index (Phi) is 4.04. The third kappa shape index (κ3) is 3.92. The lowest BCUT2D eigenvalue weighted by Gasteiger charge is -2.19. The van der Waals surface area contributed by atoms with Gasteiger partial charge in [0.2, 0.25) is 0 Å². The van der Waals surface area contributed by atoms with Crippen LogP contribution in [-0.2, 0) is 11.2 Å². The number of aromatic nitrogens is 1. The molecule has 0 aliphatic carbocycles. The van der Waals surface area contributed by atoms with Gasteiger partial charge in [-0.05, 0) is 38.8 Å². The first-order chi connectivity index (χ1) is 8.96. The van der Waals surface area contributed by atoms with Crippen molar-refractivity contribution < 1.29 is 9.53 Å². The Balaban J connectivity index is 1.89. The molecule has 0 fully saturated rings. The van der Waals surface area contributed by atoms with Crippen LogP contribution in [0.5, 0.6) is 0 Å². The van der Waals surface area contributed by atoms with Gasteiger partial charge in [0.05, 0.1) is 15.7 Å². The van der Waals surface area contributed by atoms with Crippen LogP contribution < -0.4 is 5.32 Å². The predicted octanol–water partition coefficient (Wildman–Crippen LogP) is 3.36. The molecule has 19 heavy (non-hydrogen) atoms. The summed E-state index contributed by atoms with van der Waals surface area (Å²) in [6.45, 7) is 6.12. The topological polar surface area (TPSA) is 51.2 Å². The molecule has 1 N–H and O–H groups in total. The second-order valence-electron chi connectivity index (χ2n) is 5.30. The van der Waals surface area contributed by atoms with Crippen molar-refractivity contribution >= 4 is 27.6 Å². The van der Waals surface area contributed by atoms with Gasteiger partial charge in [-0.2, -0.15) is 0 Å². The molecule has 0 saturated heterocycles. The van der Waals surface area contributed by atoms with Crippen molar-refractivity contribution in [2.24, 2.45) is 0 Å². The monoisotopic (exact) mass is 278 g/mol. The molecule has 0 aliphatic heterocycles. The van der Waals surface area contributed by atoms with Crippen LogP contribution in [0.15, 0.2) is 23.7 Å². The molecule has 2 rings (SSSR count). The Labute approximate surface area is 116 Å². The van der Waals surface area contributed by atoms with Crippen LogP contribution in [0.4, 0.5) is 4.79 Å². The smallest absolute Gasteiger partial charge is 0.407 e. The molecule has 0 bridgehead atoms. The quantitative estimate of drug-likeness (QED) is 0.936. The number of benzene rings is 1. The molecule has 4 nitrogen and oxygen atoms in total. The van der Waals surface area contributed by atoms with Gasteiger partial charge in [0.25, 0.3) is 0 Å². The van der Waals surface area contributed by atoms with E-state index in [4.69, 9.17) is 4.74 Å². The summed E-state index contributed by atoms with van der Waals surface area (Å²) in [7, 11) is 0. The summed E-state index contributed by atoms with van der Waals surface area (Å²) in [4.78, 5) is 15.8. The molecule has 2 aromatic rings. The Morgan fingerprint density at radius 2 is 2.21 bits per heavy atom. The summed E-state index contributed by atoms with van der Waals surface area (Å²) in [5.74, 6) is 0. The minimum atomic E-state index is -0.457. The first kappa shape index (κ1) is 13.8. The molecule has 1 amide bonds. The standard InChI is InChI=1S/C14H18N2O2S/c1-14(2,3)18-13(17)15-8-7-10-5-4-6-11-12(10)19-9-16-11/h4-6,9H,7-8H2,1-3H3,(H,15,17). The molecule has 0 unspecified atom stereocenters. The summed E-state index contributed by atoms with van der Waals surface area (Å²) in [6, 6.07) is 6.05. The van der Waals surface area contributed by atoms with Crippen molar-refractivity contribution in [1.82, 2.24) is 10.3 Å². The van der Waals surface area contributed by atoms with E-state index < -0.39 is 5.60 Å². The largest absolute Gasteiger partial charge is 0.444 e. The molecular formula is C14H18N2O2S. The summed E-state index contributed by atoms with van der Waals surface area (Å²) >= 11 is 1.63. The highest BCUT2D eigenvalue weighted by molar-refractivity contribution is 7.16. The molecular weight excluding hydrogens is 260 g/mol. The van der Waals surface area contributed by atoms with E-state index in [2.05, 4.69) is 16.4 Å². The number of fused-ring (bicyclic) bond motifs is 1. The molecule has 0 spiro atoms. The number of thiazole rings is 1. The van der Waals surface area contributed by atoms with E-state index in [1.54, 1.807) is 11.3 Å².